The van der Waals surface area contributed by atoms with Crippen LogP contribution in [0.3, 0.4) is 0 Å². The molecule has 0 amide bonds. The van der Waals surface area contributed by atoms with Gasteiger partial charge in [0, 0.05) is 36.8 Å². The van der Waals surface area contributed by atoms with Crippen molar-refractivity contribution in [3.05, 3.63) is 78.1 Å². The van der Waals surface area contributed by atoms with Crippen molar-refractivity contribution in [3.63, 3.8) is 0 Å². The molecular weight excluding hydrogens is 419 g/mol. The number of rotatable bonds is 7. The van der Waals surface area contributed by atoms with Gasteiger partial charge in [-0.25, -0.2) is 22.8 Å². The zero-order valence-corrected chi connectivity index (χ0v) is 17.8. The van der Waals surface area contributed by atoms with E-state index in [1.807, 2.05) is 6.92 Å². The van der Waals surface area contributed by atoms with Crippen molar-refractivity contribution in [1.29, 1.82) is 0 Å². The highest BCUT2D eigenvalue weighted by molar-refractivity contribution is 5.45. The van der Waals surface area contributed by atoms with Crippen LogP contribution in [0.1, 0.15) is 25.3 Å². The van der Waals surface area contributed by atoms with Crippen LogP contribution in [0.25, 0.3) is 0 Å². The van der Waals surface area contributed by atoms with Gasteiger partial charge in [0.15, 0.2) is 0 Å². The van der Waals surface area contributed by atoms with Crippen molar-refractivity contribution in [1.82, 2.24) is 19.7 Å². The van der Waals surface area contributed by atoms with Crippen molar-refractivity contribution in [2.75, 3.05) is 18.4 Å². The molecule has 0 radical (unpaired) electrons. The molecular formula is C23H26F3N5O. The molecule has 0 saturated carbocycles. The number of hydrogen-bond donors (Lipinski definition) is 2. The van der Waals surface area contributed by atoms with Gasteiger partial charge in [-0.05, 0) is 38.0 Å². The van der Waals surface area contributed by atoms with E-state index < -0.39 is 23.3 Å². The van der Waals surface area contributed by atoms with Gasteiger partial charge in [0.05, 0.1) is 12.2 Å². The largest absolute Gasteiger partial charge is 0.381 e. The Bertz CT molecular complexity index is 1040. The number of piperidine rings is 1. The number of nitrogens with one attached hydrogen (secondary N) is 1. The summed E-state index contributed by atoms with van der Waals surface area (Å²) in [5, 5.41) is 19.0. The van der Waals surface area contributed by atoms with Crippen LogP contribution in [0.2, 0.25) is 0 Å². The predicted octanol–water partition coefficient (Wildman–Crippen LogP) is 3.55. The summed E-state index contributed by atoms with van der Waals surface area (Å²) in [4.78, 5) is 5.97. The molecule has 0 unspecified atom stereocenters. The number of nitrogens with zero attached hydrogens (tertiary/aromatic N) is 4. The molecule has 1 saturated heterocycles. The van der Waals surface area contributed by atoms with Gasteiger partial charge in [0.1, 0.15) is 35.7 Å². The van der Waals surface area contributed by atoms with Crippen LogP contribution in [0.15, 0.2) is 55.1 Å². The molecule has 1 aromatic heterocycles. The third kappa shape index (κ3) is 4.63. The van der Waals surface area contributed by atoms with Gasteiger partial charge in [-0.2, -0.15) is 5.10 Å². The molecule has 170 valence electrons. The lowest BCUT2D eigenvalue weighted by molar-refractivity contribution is -0.0686. The Morgan fingerprint density at radius 1 is 1.12 bits per heavy atom. The van der Waals surface area contributed by atoms with Crippen LogP contribution in [-0.2, 0) is 12.1 Å². The van der Waals surface area contributed by atoms with E-state index in [0.717, 1.165) is 25.0 Å². The van der Waals surface area contributed by atoms with Gasteiger partial charge in [-0.15, -0.1) is 0 Å². The van der Waals surface area contributed by atoms with E-state index in [1.165, 1.54) is 29.5 Å². The molecule has 32 heavy (non-hydrogen) atoms. The Morgan fingerprint density at radius 2 is 1.88 bits per heavy atom. The second kappa shape index (κ2) is 9.30. The molecule has 1 aliphatic rings. The van der Waals surface area contributed by atoms with Crippen molar-refractivity contribution >= 4 is 5.69 Å². The van der Waals surface area contributed by atoms with Crippen LogP contribution in [-0.4, -0.2) is 49.9 Å². The topological polar surface area (TPSA) is 66.2 Å². The Labute approximate surface area is 184 Å². The third-order valence-corrected chi connectivity index (χ3v) is 6.27. The lowest BCUT2D eigenvalue weighted by Crippen LogP contribution is -2.55. The van der Waals surface area contributed by atoms with Crippen LogP contribution in [0, 0.1) is 17.5 Å². The minimum absolute atomic E-state index is 0.00788. The summed E-state index contributed by atoms with van der Waals surface area (Å²) < 4.78 is 43.7. The van der Waals surface area contributed by atoms with Crippen molar-refractivity contribution < 1.29 is 18.3 Å². The summed E-state index contributed by atoms with van der Waals surface area (Å²) in [5.41, 5.74) is -1.19. The molecule has 0 bridgehead atoms. The molecule has 0 spiro atoms. The van der Waals surface area contributed by atoms with Gasteiger partial charge < -0.3 is 10.4 Å². The first-order valence-electron chi connectivity index (χ1n) is 10.6. The number of halogens is 3. The van der Waals surface area contributed by atoms with Gasteiger partial charge in [-0.3, -0.25) is 4.90 Å². The molecule has 4 rings (SSSR count). The number of anilines is 1. The number of para-hydroxylation sites is 1. The molecule has 2 atom stereocenters. The molecule has 3 aromatic rings. The van der Waals surface area contributed by atoms with Crippen LogP contribution < -0.4 is 5.32 Å². The highest BCUT2D eigenvalue weighted by Crippen LogP contribution is 2.34. The van der Waals surface area contributed by atoms with E-state index in [1.54, 1.807) is 18.2 Å². The number of benzene rings is 2. The lowest BCUT2D eigenvalue weighted by Gasteiger charge is -2.44. The number of hydrogen-bond acceptors (Lipinski definition) is 5. The molecule has 1 aliphatic heterocycles. The second-order valence-corrected chi connectivity index (χ2v) is 8.25. The maximum Gasteiger partial charge on any atom is 0.146 e. The van der Waals surface area contributed by atoms with Crippen molar-refractivity contribution in [3.8, 4) is 0 Å². The molecule has 2 aromatic carbocycles. The summed E-state index contributed by atoms with van der Waals surface area (Å²) in [6.45, 7) is 3.03. The molecule has 2 heterocycles. The summed E-state index contributed by atoms with van der Waals surface area (Å²) in [7, 11) is 0. The number of aromatic nitrogens is 3. The Morgan fingerprint density at radius 3 is 2.53 bits per heavy atom. The second-order valence-electron chi connectivity index (χ2n) is 8.25. The van der Waals surface area contributed by atoms with Crippen LogP contribution in [0.5, 0.6) is 0 Å². The molecule has 2 N–H and O–H groups in total. The summed E-state index contributed by atoms with van der Waals surface area (Å²) in [5.74, 6) is -1.81. The zero-order valence-electron chi connectivity index (χ0n) is 17.8. The normalized spacial score (nSPS) is 18.3. The first-order valence-corrected chi connectivity index (χ1v) is 10.6. The average molecular weight is 445 g/mol. The highest BCUT2D eigenvalue weighted by atomic mass is 19.1. The Hall–Kier alpha value is -2.91. The fourth-order valence-electron chi connectivity index (χ4n) is 4.38. The molecule has 6 nitrogen and oxygen atoms in total. The third-order valence-electron chi connectivity index (χ3n) is 6.27. The number of likely N-dealkylation sites (tertiary alicyclic amines) is 1. The molecule has 9 heteroatoms. The minimum atomic E-state index is -1.67. The standard InChI is InChI=1S/C23H26F3N5O/c1-16(30-10-8-18(9-11-30)29-22-5-3-2-4-20(22)25)23(32,13-31-15-27-14-28-31)19-7-6-17(24)12-21(19)26/h2-7,12,14-16,18,29,32H,8-11,13H2,1H3/t16-,23-/m1/s1. The van der Waals surface area contributed by atoms with Gasteiger partial charge in [0.2, 0.25) is 0 Å². The van der Waals surface area contributed by atoms with E-state index in [-0.39, 0.29) is 24.0 Å². The Balaban J connectivity index is 1.51. The summed E-state index contributed by atoms with van der Waals surface area (Å²) >= 11 is 0. The smallest absolute Gasteiger partial charge is 0.146 e. The van der Waals surface area contributed by atoms with Gasteiger partial charge in [-0.1, -0.05) is 18.2 Å². The maximum absolute atomic E-state index is 14.7. The van der Waals surface area contributed by atoms with E-state index in [0.29, 0.717) is 18.8 Å². The average Bonchev–Trinajstić information content (AvgIpc) is 3.28. The maximum atomic E-state index is 14.7. The SMILES string of the molecule is C[C@@H](N1CCC(Nc2ccccc2F)CC1)[C@](O)(Cn1cncn1)c1ccc(F)cc1F. The van der Waals surface area contributed by atoms with E-state index >= 15 is 0 Å². The van der Waals surface area contributed by atoms with Gasteiger partial charge >= 0.3 is 0 Å². The minimum Gasteiger partial charge on any atom is -0.381 e. The molecule has 1 fully saturated rings. The first-order chi connectivity index (χ1) is 15.4. The van der Waals surface area contributed by atoms with Crippen LogP contribution >= 0.6 is 0 Å². The fourth-order valence-corrected chi connectivity index (χ4v) is 4.38. The lowest BCUT2D eigenvalue weighted by atomic mass is 9.84. The fraction of sp³-hybridized carbons (Fsp3) is 0.391. The summed E-state index contributed by atoms with van der Waals surface area (Å²) in [6, 6.07) is 9.34. The first kappa shape index (κ1) is 22.3. The van der Waals surface area contributed by atoms with Crippen molar-refractivity contribution in [2.24, 2.45) is 0 Å². The van der Waals surface area contributed by atoms with Crippen molar-refractivity contribution in [2.45, 2.75) is 44.0 Å². The molecule has 0 aliphatic carbocycles. The zero-order chi connectivity index (χ0) is 22.7. The highest BCUT2D eigenvalue weighted by Gasteiger charge is 2.42. The summed E-state index contributed by atoms with van der Waals surface area (Å²) in [6.07, 6.45) is 4.24. The van der Waals surface area contributed by atoms with Crippen LogP contribution in [0.4, 0.5) is 18.9 Å². The van der Waals surface area contributed by atoms with E-state index in [2.05, 4.69) is 20.3 Å². The quantitative estimate of drug-likeness (QED) is 0.582. The van der Waals surface area contributed by atoms with E-state index in [4.69, 9.17) is 0 Å². The monoisotopic (exact) mass is 445 g/mol. The Kier molecular flexibility index (Phi) is 6.48. The van der Waals surface area contributed by atoms with Gasteiger partial charge in [0.25, 0.3) is 0 Å². The predicted molar refractivity (Wildman–Crippen MR) is 114 cm³/mol. The van der Waals surface area contributed by atoms with E-state index in [9.17, 15) is 18.3 Å². The number of aliphatic hydroxyl groups is 1.